The van der Waals surface area contributed by atoms with Crippen LogP contribution in [0.2, 0.25) is 0 Å². The van der Waals surface area contributed by atoms with Crippen LogP contribution in [0.25, 0.3) is 11.3 Å². The number of carbonyl (C=O) groups excluding carboxylic acids is 1. The third-order valence-corrected chi connectivity index (χ3v) is 3.70. The van der Waals surface area contributed by atoms with Crippen LogP contribution < -0.4 is 4.74 Å². The molecule has 0 spiro atoms. The van der Waals surface area contributed by atoms with Crippen molar-refractivity contribution >= 4 is 5.97 Å². The van der Waals surface area contributed by atoms with Crippen molar-refractivity contribution in [2.45, 2.75) is 13.5 Å². The number of aryl methyl sites for hydroxylation is 1. The van der Waals surface area contributed by atoms with Gasteiger partial charge in [-0.15, -0.1) is 0 Å². The summed E-state index contributed by atoms with van der Waals surface area (Å²) in [6.07, 6.45) is 1.33. The minimum atomic E-state index is -0.977. The predicted octanol–water partition coefficient (Wildman–Crippen LogP) is 3.69. The second kappa shape index (κ2) is 7.30. The molecule has 1 aromatic carbocycles. The van der Waals surface area contributed by atoms with Gasteiger partial charge in [-0.1, -0.05) is 5.16 Å². The highest BCUT2D eigenvalue weighted by Crippen LogP contribution is 2.27. The summed E-state index contributed by atoms with van der Waals surface area (Å²) < 4.78 is 41.9. The summed E-state index contributed by atoms with van der Waals surface area (Å²) in [5.74, 6) is -1.67. The number of carbonyl (C=O) groups is 1. The molecule has 0 saturated heterocycles. The largest absolute Gasteiger partial charge is 0.473 e. The quantitative estimate of drug-likeness (QED) is 0.646. The summed E-state index contributed by atoms with van der Waals surface area (Å²) >= 11 is 0. The van der Waals surface area contributed by atoms with Crippen molar-refractivity contribution in [1.29, 1.82) is 0 Å². The molecule has 3 aromatic rings. The first-order chi connectivity index (χ1) is 12.5. The average Bonchev–Trinajstić information content (AvgIpc) is 3.02. The summed E-state index contributed by atoms with van der Waals surface area (Å²) in [5.41, 5.74) is 1.60. The summed E-state index contributed by atoms with van der Waals surface area (Å²) in [5, 5.41) is 3.89. The molecule has 6 nitrogen and oxygen atoms in total. The number of rotatable bonds is 5. The van der Waals surface area contributed by atoms with E-state index >= 15 is 0 Å². The maximum Gasteiger partial charge on any atom is 0.339 e. The number of hydrogen-bond donors (Lipinski definition) is 0. The standard InChI is InChI=1S/C18H14F2N2O4/c1-10-13(9-25-16-6-4-12(8-21-16)18(23)24-2)17(22-26-10)11-3-5-14(19)15(20)7-11/h3-8H,9H2,1-2H3. The number of benzene rings is 1. The van der Waals surface area contributed by atoms with E-state index in [0.717, 1.165) is 12.1 Å². The van der Waals surface area contributed by atoms with E-state index in [4.69, 9.17) is 9.26 Å². The Kier molecular flexibility index (Phi) is 4.92. The number of methoxy groups -OCH3 is 1. The number of ether oxygens (including phenoxy) is 2. The first kappa shape index (κ1) is 17.5. The summed E-state index contributed by atoms with van der Waals surface area (Å²) in [4.78, 5) is 15.4. The van der Waals surface area contributed by atoms with Gasteiger partial charge in [0.2, 0.25) is 5.88 Å². The van der Waals surface area contributed by atoms with E-state index in [2.05, 4.69) is 14.9 Å². The zero-order valence-electron chi connectivity index (χ0n) is 14.0. The number of nitrogens with zero attached hydrogens (tertiary/aromatic N) is 2. The maximum atomic E-state index is 13.5. The Morgan fingerprint density at radius 3 is 2.65 bits per heavy atom. The van der Waals surface area contributed by atoms with Gasteiger partial charge in [0.15, 0.2) is 11.6 Å². The Morgan fingerprint density at radius 2 is 2.00 bits per heavy atom. The molecule has 0 bridgehead atoms. The fourth-order valence-electron chi connectivity index (χ4n) is 2.28. The second-order valence-corrected chi connectivity index (χ2v) is 5.36. The molecular formula is C18H14F2N2O4. The first-order valence-corrected chi connectivity index (χ1v) is 7.57. The summed E-state index contributed by atoms with van der Waals surface area (Å²) in [6.45, 7) is 1.73. The minimum Gasteiger partial charge on any atom is -0.473 e. The molecule has 0 unspecified atom stereocenters. The van der Waals surface area contributed by atoms with E-state index in [1.807, 2.05) is 0 Å². The van der Waals surface area contributed by atoms with Gasteiger partial charge in [-0.2, -0.15) is 0 Å². The number of aromatic nitrogens is 2. The van der Waals surface area contributed by atoms with Crippen LogP contribution in [-0.2, 0) is 11.3 Å². The molecule has 3 rings (SSSR count). The Labute approximate surface area is 147 Å². The van der Waals surface area contributed by atoms with Crippen molar-refractivity contribution in [1.82, 2.24) is 10.1 Å². The third kappa shape index (κ3) is 3.53. The number of pyridine rings is 1. The van der Waals surface area contributed by atoms with Gasteiger partial charge in [-0.25, -0.2) is 18.6 Å². The van der Waals surface area contributed by atoms with E-state index in [9.17, 15) is 13.6 Å². The Bertz CT molecular complexity index is 939. The molecule has 26 heavy (non-hydrogen) atoms. The van der Waals surface area contributed by atoms with E-state index in [1.54, 1.807) is 6.92 Å². The highest BCUT2D eigenvalue weighted by molar-refractivity contribution is 5.88. The lowest BCUT2D eigenvalue weighted by Gasteiger charge is -2.07. The van der Waals surface area contributed by atoms with Gasteiger partial charge < -0.3 is 14.0 Å². The Hall–Kier alpha value is -3.29. The molecular weight excluding hydrogens is 346 g/mol. The van der Waals surface area contributed by atoms with Gasteiger partial charge >= 0.3 is 5.97 Å². The fraction of sp³-hybridized carbons (Fsp3) is 0.167. The first-order valence-electron chi connectivity index (χ1n) is 7.57. The van der Waals surface area contributed by atoms with Crippen LogP contribution in [0.4, 0.5) is 8.78 Å². The van der Waals surface area contributed by atoms with Crippen molar-refractivity contribution < 1.29 is 27.6 Å². The minimum absolute atomic E-state index is 0.0498. The van der Waals surface area contributed by atoms with Crippen LogP contribution in [-0.4, -0.2) is 23.2 Å². The van der Waals surface area contributed by atoms with Crippen molar-refractivity contribution in [3.63, 3.8) is 0 Å². The number of hydrogen-bond acceptors (Lipinski definition) is 6. The van der Waals surface area contributed by atoms with Crippen LogP contribution >= 0.6 is 0 Å². The predicted molar refractivity (Wildman–Crippen MR) is 86.5 cm³/mol. The third-order valence-electron chi connectivity index (χ3n) is 3.70. The van der Waals surface area contributed by atoms with Gasteiger partial charge in [0.05, 0.1) is 18.2 Å². The van der Waals surface area contributed by atoms with Gasteiger partial charge in [0.1, 0.15) is 18.1 Å². The lowest BCUT2D eigenvalue weighted by Crippen LogP contribution is -2.03. The molecule has 0 amide bonds. The van der Waals surface area contributed by atoms with Crippen LogP contribution in [0.5, 0.6) is 5.88 Å². The van der Waals surface area contributed by atoms with E-state index in [1.165, 1.54) is 31.5 Å². The number of halogens is 2. The molecule has 0 aliphatic heterocycles. The molecule has 8 heteroatoms. The lowest BCUT2D eigenvalue weighted by atomic mass is 10.1. The van der Waals surface area contributed by atoms with Crippen LogP contribution in [0.15, 0.2) is 41.1 Å². The van der Waals surface area contributed by atoms with Crippen molar-refractivity contribution in [3.05, 3.63) is 65.1 Å². The van der Waals surface area contributed by atoms with Crippen molar-refractivity contribution in [2.75, 3.05) is 7.11 Å². The zero-order valence-corrected chi connectivity index (χ0v) is 14.0. The molecule has 0 fully saturated rings. The van der Waals surface area contributed by atoms with Crippen LogP contribution in [0.3, 0.4) is 0 Å². The van der Waals surface area contributed by atoms with Gasteiger partial charge in [-0.3, -0.25) is 0 Å². The summed E-state index contributed by atoms with van der Waals surface area (Å²) in [6, 6.07) is 6.51. The average molecular weight is 360 g/mol. The fourth-order valence-corrected chi connectivity index (χ4v) is 2.28. The SMILES string of the molecule is COC(=O)c1ccc(OCc2c(-c3ccc(F)c(F)c3)noc2C)nc1. The van der Waals surface area contributed by atoms with Crippen LogP contribution in [0.1, 0.15) is 21.7 Å². The smallest absolute Gasteiger partial charge is 0.339 e. The summed E-state index contributed by atoms with van der Waals surface area (Å²) in [7, 11) is 1.28. The van der Waals surface area contributed by atoms with E-state index in [-0.39, 0.29) is 12.5 Å². The molecule has 134 valence electrons. The topological polar surface area (TPSA) is 74.5 Å². The Morgan fingerprint density at radius 1 is 1.19 bits per heavy atom. The molecule has 0 N–H and O–H groups in total. The molecule has 0 atom stereocenters. The lowest BCUT2D eigenvalue weighted by molar-refractivity contribution is 0.0600. The maximum absolute atomic E-state index is 13.5. The molecule has 0 aliphatic rings. The van der Waals surface area contributed by atoms with Crippen molar-refractivity contribution in [3.8, 4) is 17.1 Å². The molecule has 0 aliphatic carbocycles. The molecule has 0 saturated carbocycles. The van der Waals surface area contributed by atoms with Gasteiger partial charge in [0.25, 0.3) is 0 Å². The van der Waals surface area contributed by atoms with E-state index < -0.39 is 17.6 Å². The molecule has 0 radical (unpaired) electrons. The molecule has 2 heterocycles. The van der Waals surface area contributed by atoms with Crippen LogP contribution in [0, 0.1) is 18.6 Å². The normalized spacial score (nSPS) is 10.6. The highest BCUT2D eigenvalue weighted by atomic mass is 19.2. The Balaban J connectivity index is 1.79. The molecule has 2 aromatic heterocycles. The van der Waals surface area contributed by atoms with Gasteiger partial charge in [0, 0.05) is 17.8 Å². The van der Waals surface area contributed by atoms with Gasteiger partial charge in [-0.05, 0) is 31.2 Å². The van der Waals surface area contributed by atoms with E-state index in [0.29, 0.717) is 28.1 Å². The second-order valence-electron chi connectivity index (χ2n) is 5.36. The van der Waals surface area contributed by atoms with Crippen molar-refractivity contribution in [2.24, 2.45) is 0 Å². The zero-order chi connectivity index (χ0) is 18.7. The monoisotopic (exact) mass is 360 g/mol. The number of esters is 1. The highest BCUT2D eigenvalue weighted by Gasteiger charge is 2.17.